The molecule has 1 aromatic carbocycles. The van der Waals surface area contributed by atoms with E-state index >= 15 is 0 Å². The van der Waals surface area contributed by atoms with Crippen molar-refractivity contribution in [3.63, 3.8) is 0 Å². The van der Waals surface area contributed by atoms with Gasteiger partial charge in [-0.25, -0.2) is 0 Å². The Bertz CT molecular complexity index is 366. The number of rotatable bonds is 1. The van der Waals surface area contributed by atoms with Crippen LogP contribution in [-0.2, 0) is 0 Å². The molecule has 0 fully saturated rings. The van der Waals surface area contributed by atoms with E-state index in [0.29, 0.717) is 5.88 Å². The Morgan fingerprint density at radius 3 is 2.57 bits per heavy atom. The first-order valence-electron chi connectivity index (χ1n) is 4.69. The van der Waals surface area contributed by atoms with Crippen molar-refractivity contribution in [1.29, 1.82) is 0 Å². The summed E-state index contributed by atoms with van der Waals surface area (Å²) in [6, 6.07) is 8.49. The highest BCUT2D eigenvalue weighted by atomic mass is 35.5. The number of hydrogen-bond donors (Lipinski definition) is 0. The van der Waals surface area contributed by atoms with Crippen LogP contribution in [0.3, 0.4) is 0 Å². The summed E-state index contributed by atoms with van der Waals surface area (Å²) in [6.07, 6.45) is 0. The van der Waals surface area contributed by atoms with Crippen LogP contribution in [0, 0.1) is 11.8 Å². The average molecular weight is 223 g/mol. The van der Waals surface area contributed by atoms with E-state index < -0.39 is 8.07 Å². The van der Waals surface area contributed by atoms with Crippen LogP contribution in [0.2, 0.25) is 19.6 Å². The second kappa shape index (κ2) is 4.68. The van der Waals surface area contributed by atoms with Gasteiger partial charge in [-0.2, -0.15) is 0 Å². The van der Waals surface area contributed by atoms with Crippen LogP contribution < -0.4 is 5.19 Å². The molecule has 0 aromatic heterocycles. The van der Waals surface area contributed by atoms with Crippen molar-refractivity contribution in [2.75, 3.05) is 5.88 Å². The zero-order valence-corrected chi connectivity index (χ0v) is 10.7. The Kier molecular flexibility index (Phi) is 3.80. The molecule has 0 amide bonds. The smallest absolute Gasteiger partial charge is 0.0839 e. The fraction of sp³-hybridized carbons (Fsp3) is 0.333. The van der Waals surface area contributed by atoms with Gasteiger partial charge in [0.2, 0.25) is 0 Å². The molecule has 1 rings (SSSR count). The first-order valence-corrected chi connectivity index (χ1v) is 8.73. The molecule has 0 N–H and O–H groups in total. The van der Waals surface area contributed by atoms with Gasteiger partial charge >= 0.3 is 0 Å². The summed E-state index contributed by atoms with van der Waals surface area (Å²) in [6.45, 7) is 7.00. The van der Waals surface area contributed by atoms with Gasteiger partial charge in [0.15, 0.2) is 0 Å². The molecule has 74 valence electrons. The topological polar surface area (TPSA) is 0 Å². The predicted molar refractivity (Wildman–Crippen MR) is 67.0 cm³/mol. The minimum atomic E-state index is -1.20. The van der Waals surface area contributed by atoms with Gasteiger partial charge in [0.1, 0.15) is 0 Å². The lowest BCUT2D eigenvalue weighted by Gasteiger charge is -2.16. The minimum Gasteiger partial charge on any atom is -0.113 e. The van der Waals surface area contributed by atoms with Gasteiger partial charge < -0.3 is 0 Å². The summed E-state index contributed by atoms with van der Waals surface area (Å²) in [5.41, 5.74) is 1.07. The molecule has 1 aromatic rings. The Balaban J connectivity index is 3.02. The van der Waals surface area contributed by atoms with Gasteiger partial charge in [0.05, 0.1) is 14.0 Å². The van der Waals surface area contributed by atoms with E-state index in [1.807, 2.05) is 6.07 Å². The van der Waals surface area contributed by atoms with Gasteiger partial charge in [-0.1, -0.05) is 48.8 Å². The third-order valence-electron chi connectivity index (χ3n) is 2.03. The molecule has 0 radical (unpaired) electrons. The molecule has 2 heteroatoms. The molecule has 0 aliphatic rings. The molecule has 0 saturated heterocycles. The summed E-state index contributed by atoms with van der Waals surface area (Å²) >= 11 is 5.52. The van der Waals surface area contributed by atoms with Gasteiger partial charge in [0.25, 0.3) is 0 Å². The van der Waals surface area contributed by atoms with E-state index in [1.165, 1.54) is 5.19 Å². The molecule has 0 nitrogen and oxygen atoms in total. The van der Waals surface area contributed by atoms with Crippen molar-refractivity contribution in [3.05, 3.63) is 29.8 Å². The maximum atomic E-state index is 5.52. The van der Waals surface area contributed by atoms with Crippen LogP contribution in [0.15, 0.2) is 24.3 Å². The van der Waals surface area contributed by atoms with E-state index in [4.69, 9.17) is 11.6 Å². The van der Waals surface area contributed by atoms with Crippen LogP contribution in [0.4, 0.5) is 0 Å². The van der Waals surface area contributed by atoms with Gasteiger partial charge in [-0.05, 0) is 12.1 Å². The maximum absolute atomic E-state index is 5.52. The highest BCUT2D eigenvalue weighted by molar-refractivity contribution is 6.88. The standard InChI is InChI=1S/C12H15ClSi/c1-14(2,3)12-8-4-6-11(10-12)7-5-9-13/h4,6,8,10H,9H2,1-3H3. The Morgan fingerprint density at radius 2 is 2.00 bits per heavy atom. The Morgan fingerprint density at radius 1 is 1.29 bits per heavy atom. The lowest BCUT2D eigenvalue weighted by atomic mass is 10.2. The minimum absolute atomic E-state index is 0.400. The molecular weight excluding hydrogens is 208 g/mol. The van der Waals surface area contributed by atoms with E-state index in [2.05, 4.69) is 49.7 Å². The van der Waals surface area contributed by atoms with Crippen LogP contribution in [0.5, 0.6) is 0 Å². The van der Waals surface area contributed by atoms with Crippen LogP contribution in [0.1, 0.15) is 5.56 Å². The zero-order chi connectivity index (χ0) is 10.6. The molecule has 0 unspecified atom stereocenters. The van der Waals surface area contributed by atoms with Gasteiger partial charge in [0, 0.05) is 5.56 Å². The zero-order valence-electron chi connectivity index (χ0n) is 8.89. The fourth-order valence-corrected chi connectivity index (χ4v) is 2.45. The van der Waals surface area contributed by atoms with E-state index in [0.717, 1.165) is 5.56 Å². The molecule has 0 aliphatic carbocycles. The van der Waals surface area contributed by atoms with Crippen LogP contribution in [0.25, 0.3) is 0 Å². The number of alkyl halides is 1. The highest BCUT2D eigenvalue weighted by Crippen LogP contribution is 2.04. The fourth-order valence-electron chi connectivity index (χ4n) is 1.20. The summed E-state index contributed by atoms with van der Waals surface area (Å²) in [4.78, 5) is 0. The molecular formula is C12H15ClSi. The van der Waals surface area contributed by atoms with Crippen LogP contribution in [-0.4, -0.2) is 14.0 Å². The molecule has 0 heterocycles. The molecule has 0 aliphatic heterocycles. The SMILES string of the molecule is C[Si](C)(C)c1cccc(C#CCCl)c1. The quantitative estimate of drug-likeness (QED) is 0.390. The average Bonchev–Trinajstić information content (AvgIpc) is 2.14. The summed E-state index contributed by atoms with van der Waals surface area (Å²) in [5.74, 6) is 6.32. The maximum Gasteiger partial charge on any atom is 0.0839 e. The summed E-state index contributed by atoms with van der Waals surface area (Å²) in [7, 11) is -1.20. The van der Waals surface area contributed by atoms with Crippen molar-refractivity contribution in [2.24, 2.45) is 0 Å². The number of hydrogen-bond acceptors (Lipinski definition) is 0. The van der Waals surface area contributed by atoms with Gasteiger partial charge in [-0.15, -0.1) is 11.6 Å². The van der Waals surface area contributed by atoms with Crippen LogP contribution >= 0.6 is 11.6 Å². The third kappa shape index (κ3) is 3.21. The van der Waals surface area contributed by atoms with Crippen molar-refractivity contribution in [2.45, 2.75) is 19.6 Å². The lowest BCUT2D eigenvalue weighted by Crippen LogP contribution is -2.37. The second-order valence-corrected chi connectivity index (χ2v) is 9.61. The monoisotopic (exact) mass is 222 g/mol. The largest absolute Gasteiger partial charge is 0.113 e. The van der Waals surface area contributed by atoms with E-state index in [1.54, 1.807) is 0 Å². The predicted octanol–water partition coefficient (Wildman–Crippen LogP) is 2.82. The molecule has 0 spiro atoms. The Hall–Kier alpha value is -0.713. The molecule has 0 bridgehead atoms. The molecule has 0 atom stereocenters. The summed E-state index contributed by atoms with van der Waals surface area (Å²) < 4.78 is 0. The second-order valence-electron chi connectivity index (χ2n) is 4.27. The first-order chi connectivity index (χ1) is 6.54. The summed E-state index contributed by atoms with van der Waals surface area (Å²) in [5, 5.41) is 1.44. The van der Waals surface area contributed by atoms with Crippen molar-refractivity contribution in [3.8, 4) is 11.8 Å². The number of benzene rings is 1. The van der Waals surface area contributed by atoms with Gasteiger partial charge in [-0.3, -0.25) is 0 Å². The first kappa shape index (κ1) is 11.4. The molecule has 0 saturated carbocycles. The van der Waals surface area contributed by atoms with Crippen molar-refractivity contribution >= 4 is 24.9 Å². The Labute approximate surface area is 92.3 Å². The highest BCUT2D eigenvalue weighted by Gasteiger charge is 2.15. The number of halogens is 1. The van der Waals surface area contributed by atoms with E-state index in [9.17, 15) is 0 Å². The van der Waals surface area contributed by atoms with Crippen molar-refractivity contribution < 1.29 is 0 Å². The van der Waals surface area contributed by atoms with E-state index in [-0.39, 0.29) is 0 Å². The van der Waals surface area contributed by atoms with Crippen molar-refractivity contribution in [1.82, 2.24) is 0 Å². The normalized spacial score (nSPS) is 10.6. The third-order valence-corrected chi connectivity index (χ3v) is 4.20. The lowest BCUT2D eigenvalue weighted by molar-refractivity contribution is 1.63. The molecule has 14 heavy (non-hydrogen) atoms.